The number of nitrogens with one attached hydrogen (secondary N) is 1. The van der Waals surface area contributed by atoms with E-state index < -0.39 is 12.3 Å². The lowest BCUT2D eigenvalue weighted by atomic mass is 9.99. The van der Waals surface area contributed by atoms with E-state index in [1.807, 2.05) is 48.5 Å². The third kappa shape index (κ3) is 10.7. The second-order valence-electron chi connectivity index (χ2n) is 11.6. The van der Waals surface area contributed by atoms with Gasteiger partial charge in [-0.15, -0.1) is 0 Å². The van der Waals surface area contributed by atoms with Crippen molar-refractivity contribution in [2.24, 2.45) is 0 Å². The fourth-order valence-electron chi connectivity index (χ4n) is 5.48. The van der Waals surface area contributed by atoms with Crippen LogP contribution in [0.15, 0.2) is 96.4 Å². The van der Waals surface area contributed by atoms with E-state index in [0.29, 0.717) is 36.7 Å². The van der Waals surface area contributed by atoms with Crippen LogP contribution < -0.4 is 5.32 Å². The van der Waals surface area contributed by atoms with Gasteiger partial charge in [0, 0.05) is 49.5 Å². The molecule has 0 saturated carbocycles. The third-order valence-electron chi connectivity index (χ3n) is 8.01. The van der Waals surface area contributed by atoms with E-state index >= 15 is 0 Å². The highest BCUT2D eigenvalue weighted by Crippen LogP contribution is 2.40. The summed E-state index contributed by atoms with van der Waals surface area (Å²) in [6.07, 6.45) is 6.93. The number of aliphatic carboxylic acids is 1. The molecule has 1 amide bonds. The van der Waals surface area contributed by atoms with Crippen molar-refractivity contribution in [1.82, 2.24) is 15.3 Å². The minimum absolute atomic E-state index is 0.00525. The number of nitrogens with zero attached hydrogens (tertiary/aromatic N) is 2. The number of hydrogen-bond acceptors (Lipinski definition) is 8. The molecule has 0 bridgehead atoms. The first-order chi connectivity index (χ1) is 23.0. The summed E-state index contributed by atoms with van der Waals surface area (Å²) in [6.45, 7) is 0.424. The summed E-state index contributed by atoms with van der Waals surface area (Å²) >= 11 is 1.56. The van der Waals surface area contributed by atoms with Gasteiger partial charge in [0.2, 0.25) is 5.91 Å². The van der Waals surface area contributed by atoms with Crippen molar-refractivity contribution in [3.05, 3.63) is 114 Å². The van der Waals surface area contributed by atoms with Gasteiger partial charge in [0.15, 0.2) is 11.4 Å². The van der Waals surface area contributed by atoms with E-state index in [0.717, 1.165) is 52.6 Å². The number of aliphatic hydroxyl groups is 1. The molecule has 3 N–H and O–H groups in total. The second kappa shape index (κ2) is 17.7. The zero-order valence-electron chi connectivity index (χ0n) is 26.3. The lowest BCUT2D eigenvalue weighted by Crippen LogP contribution is -2.31. The number of carboxylic acid groups (broad SMARTS) is 1. The van der Waals surface area contributed by atoms with Gasteiger partial charge >= 0.3 is 5.97 Å². The van der Waals surface area contributed by atoms with Gasteiger partial charge in [-0.05, 0) is 58.9 Å². The number of amides is 1. The van der Waals surface area contributed by atoms with E-state index in [4.69, 9.17) is 14.6 Å². The molecule has 0 aliphatic carbocycles. The van der Waals surface area contributed by atoms with Crippen molar-refractivity contribution in [2.75, 3.05) is 5.75 Å². The van der Waals surface area contributed by atoms with Crippen LogP contribution in [-0.2, 0) is 32.2 Å². The van der Waals surface area contributed by atoms with Gasteiger partial charge in [-0.2, -0.15) is 0 Å². The van der Waals surface area contributed by atoms with Crippen molar-refractivity contribution in [2.45, 2.75) is 81.8 Å². The van der Waals surface area contributed by atoms with Crippen molar-refractivity contribution in [1.29, 1.82) is 0 Å². The average Bonchev–Trinajstić information content (AvgIpc) is 3.11. The van der Waals surface area contributed by atoms with Crippen LogP contribution in [0.3, 0.4) is 0 Å². The average molecular weight is 656 g/mol. The predicted molar refractivity (Wildman–Crippen MR) is 180 cm³/mol. The van der Waals surface area contributed by atoms with Gasteiger partial charge in [-0.25, -0.2) is 9.97 Å². The first kappa shape index (κ1) is 34.3. The molecule has 0 spiro atoms. The molecule has 1 fully saturated rings. The van der Waals surface area contributed by atoms with Gasteiger partial charge in [-0.1, -0.05) is 85.3 Å². The standard InChI is InChI=1S/C37H41N3O6S/c41-24-26-14-16-28(17-15-26)33-22-32(25-47-37-38-18-7-19-39-37)45-36(46-33)31-11-6-10-30(21-31)29-9-5-8-27(20-29)23-40-34(42)12-3-1-2-4-13-35(43)44/h5-11,14-21,32-33,36,41H,1-4,12-13,22-25H2,(H,40,42)(H,43,44)/t32-,33+,36+/m0/s1. The maximum atomic E-state index is 12.4. The van der Waals surface area contributed by atoms with Gasteiger partial charge in [-0.3, -0.25) is 9.59 Å². The monoisotopic (exact) mass is 655 g/mol. The lowest BCUT2D eigenvalue weighted by molar-refractivity contribution is -0.245. The number of unbranched alkanes of at least 4 members (excludes halogenated alkanes) is 3. The van der Waals surface area contributed by atoms with Gasteiger partial charge in [0.05, 0.1) is 18.8 Å². The highest BCUT2D eigenvalue weighted by molar-refractivity contribution is 7.99. The quantitative estimate of drug-likeness (QED) is 0.0662. The van der Waals surface area contributed by atoms with Gasteiger partial charge in [0.25, 0.3) is 0 Å². The molecule has 0 radical (unpaired) electrons. The summed E-state index contributed by atoms with van der Waals surface area (Å²) in [5, 5.41) is 22.0. The van der Waals surface area contributed by atoms with E-state index in [9.17, 15) is 14.7 Å². The fourth-order valence-corrected chi connectivity index (χ4v) is 6.30. The summed E-state index contributed by atoms with van der Waals surface area (Å²) in [4.78, 5) is 31.7. The van der Waals surface area contributed by atoms with Crippen LogP contribution in [0.2, 0.25) is 0 Å². The molecule has 0 unspecified atom stereocenters. The maximum absolute atomic E-state index is 12.4. The Hall–Kier alpha value is -4.09. The van der Waals surface area contributed by atoms with Gasteiger partial charge < -0.3 is 25.0 Å². The number of benzene rings is 3. The first-order valence-corrected chi connectivity index (χ1v) is 17.0. The number of ether oxygens (including phenoxy) is 2. The molecular formula is C37H41N3O6S. The van der Waals surface area contributed by atoms with Gasteiger partial charge in [0.1, 0.15) is 0 Å². The number of aliphatic hydroxyl groups excluding tert-OH is 1. The molecule has 1 aromatic heterocycles. The number of carbonyl (C=O) groups is 2. The number of hydrogen-bond donors (Lipinski definition) is 3. The molecule has 9 nitrogen and oxygen atoms in total. The van der Waals surface area contributed by atoms with Crippen LogP contribution >= 0.6 is 11.8 Å². The molecule has 47 heavy (non-hydrogen) atoms. The smallest absolute Gasteiger partial charge is 0.303 e. The Labute approximate surface area is 279 Å². The van der Waals surface area contributed by atoms with Crippen LogP contribution in [0.5, 0.6) is 0 Å². The van der Waals surface area contributed by atoms with E-state index in [1.165, 1.54) is 0 Å². The third-order valence-corrected chi connectivity index (χ3v) is 9.02. The van der Waals surface area contributed by atoms with Crippen molar-refractivity contribution >= 4 is 23.6 Å². The highest BCUT2D eigenvalue weighted by atomic mass is 32.2. The Kier molecular flexibility index (Phi) is 12.9. The number of rotatable bonds is 16. The van der Waals surface area contributed by atoms with Crippen LogP contribution in [0.25, 0.3) is 11.1 Å². The zero-order chi connectivity index (χ0) is 32.8. The van der Waals surface area contributed by atoms with Crippen LogP contribution in [0.4, 0.5) is 0 Å². The van der Waals surface area contributed by atoms with Crippen LogP contribution in [0, 0.1) is 0 Å². The summed E-state index contributed by atoms with van der Waals surface area (Å²) < 4.78 is 13.1. The molecule has 3 aromatic carbocycles. The SMILES string of the molecule is O=C(O)CCCCCCC(=O)NCc1cccc(-c2cccc([C@@H]3O[C@H](CSc4ncccn4)C[C@H](c4ccc(CO)cc4)O3)c2)c1. The highest BCUT2D eigenvalue weighted by Gasteiger charge is 2.32. The van der Waals surface area contributed by atoms with Crippen molar-refractivity contribution < 1.29 is 29.3 Å². The Morgan fingerprint density at radius 2 is 1.53 bits per heavy atom. The normalized spacial score (nSPS) is 17.7. The molecule has 1 aliphatic rings. The predicted octanol–water partition coefficient (Wildman–Crippen LogP) is 7.02. The molecule has 2 heterocycles. The Morgan fingerprint density at radius 3 is 2.28 bits per heavy atom. The molecular weight excluding hydrogens is 614 g/mol. The van der Waals surface area contributed by atoms with E-state index in [-0.39, 0.29) is 31.1 Å². The van der Waals surface area contributed by atoms with Crippen molar-refractivity contribution in [3.63, 3.8) is 0 Å². The van der Waals surface area contributed by atoms with Crippen LogP contribution in [-0.4, -0.2) is 43.9 Å². The number of carboxylic acids is 1. The van der Waals surface area contributed by atoms with Crippen molar-refractivity contribution in [3.8, 4) is 11.1 Å². The topological polar surface area (TPSA) is 131 Å². The van der Waals surface area contributed by atoms with Crippen LogP contribution in [0.1, 0.15) is 79.6 Å². The molecule has 5 rings (SSSR count). The van der Waals surface area contributed by atoms with E-state index in [2.05, 4.69) is 39.6 Å². The number of aromatic nitrogens is 2. The largest absolute Gasteiger partial charge is 0.481 e. The molecule has 1 aliphatic heterocycles. The number of carbonyl (C=O) groups excluding carboxylic acids is 1. The molecule has 4 aromatic rings. The first-order valence-electron chi connectivity index (χ1n) is 16.0. The fraction of sp³-hybridized carbons (Fsp3) is 0.351. The summed E-state index contributed by atoms with van der Waals surface area (Å²) in [7, 11) is 0. The molecule has 1 saturated heterocycles. The Morgan fingerprint density at radius 1 is 0.809 bits per heavy atom. The minimum atomic E-state index is -0.777. The Balaban J connectivity index is 1.23. The molecule has 3 atom stereocenters. The van der Waals surface area contributed by atoms with E-state index in [1.54, 1.807) is 30.2 Å². The molecule has 246 valence electrons. The zero-order valence-corrected chi connectivity index (χ0v) is 27.1. The molecule has 10 heteroatoms. The summed E-state index contributed by atoms with van der Waals surface area (Å²) in [6, 6.07) is 25.9. The second-order valence-corrected chi connectivity index (χ2v) is 12.6. The Bertz CT molecular complexity index is 1590. The minimum Gasteiger partial charge on any atom is -0.481 e. The number of thioether (sulfide) groups is 1. The maximum Gasteiger partial charge on any atom is 0.303 e. The lowest BCUT2D eigenvalue weighted by Gasteiger charge is -2.36. The summed E-state index contributed by atoms with van der Waals surface area (Å²) in [5.41, 5.74) is 5.84. The summed E-state index contributed by atoms with van der Waals surface area (Å²) in [5.74, 6) is -0.108.